The second kappa shape index (κ2) is 6.20. The zero-order valence-electron chi connectivity index (χ0n) is 12.1. The van der Waals surface area contributed by atoms with Gasteiger partial charge in [0, 0.05) is 18.0 Å². The lowest BCUT2D eigenvalue weighted by Gasteiger charge is -2.26. The van der Waals surface area contributed by atoms with Gasteiger partial charge in [-0.3, -0.25) is 9.69 Å². The number of likely N-dealkylation sites (N-methyl/N-ethyl adjacent to an activating group) is 1. The second-order valence-corrected chi connectivity index (χ2v) is 5.16. The van der Waals surface area contributed by atoms with E-state index in [0.717, 1.165) is 42.9 Å². The Balaban J connectivity index is 2.07. The summed E-state index contributed by atoms with van der Waals surface area (Å²) in [5, 5.41) is 0. The number of carbonyl (C=O) groups is 1. The molecule has 0 radical (unpaired) electrons. The van der Waals surface area contributed by atoms with Gasteiger partial charge in [0.05, 0.1) is 13.2 Å². The molecule has 19 heavy (non-hydrogen) atoms. The van der Waals surface area contributed by atoms with Crippen LogP contribution in [0.5, 0.6) is 5.75 Å². The second-order valence-electron chi connectivity index (χ2n) is 5.16. The third-order valence-corrected chi connectivity index (χ3v) is 3.98. The van der Waals surface area contributed by atoms with Crippen LogP contribution in [0.1, 0.15) is 43.1 Å². The third-order valence-electron chi connectivity index (χ3n) is 3.98. The first-order chi connectivity index (χ1) is 9.15. The van der Waals surface area contributed by atoms with E-state index in [-0.39, 0.29) is 5.78 Å². The van der Waals surface area contributed by atoms with Gasteiger partial charge in [0.15, 0.2) is 5.78 Å². The molecular weight excluding hydrogens is 238 g/mol. The Hall–Kier alpha value is -1.35. The number of ether oxygens (including phenoxy) is 1. The van der Waals surface area contributed by atoms with Crippen molar-refractivity contribution in [3.63, 3.8) is 0 Å². The molecule has 2 rings (SSSR count). The molecule has 3 heteroatoms. The lowest BCUT2D eigenvalue weighted by atomic mass is 10.0. The maximum Gasteiger partial charge on any atom is 0.176 e. The first kappa shape index (κ1) is 14.1. The van der Waals surface area contributed by atoms with Gasteiger partial charge < -0.3 is 4.74 Å². The topological polar surface area (TPSA) is 29.5 Å². The number of nitrogens with zero attached hydrogens (tertiary/aromatic N) is 1. The highest BCUT2D eigenvalue weighted by molar-refractivity contribution is 5.98. The van der Waals surface area contributed by atoms with Crippen molar-refractivity contribution < 1.29 is 9.53 Å². The summed E-state index contributed by atoms with van der Waals surface area (Å²) in [7, 11) is 0. The van der Waals surface area contributed by atoms with Gasteiger partial charge in [0.1, 0.15) is 5.75 Å². The molecule has 1 unspecified atom stereocenters. The average molecular weight is 261 g/mol. The van der Waals surface area contributed by atoms with E-state index < -0.39 is 0 Å². The SMILES string of the molecule is CCC(C)N(CC)CC(=O)c1ccc2c(c1)CCO2. The number of benzene rings is 1. The molecule has 1 aliphatic heterocycles. The number of Topliss-reactive ketones (excluding diaryl/α,β-unsaturated/α-hetero) is 1. The summed E-state index contributed by atoms with van der Waals surface area (Å²) < 4.78 is 5.47. The summed E-state index contributed by atoms with van der Waals surface area (Å²) in [6, 6.07) is 6.26. The van der Waals surface area contributed by atoms with E-state index in [0.29, 0.717) is 12.6 Å². The molecule has 0 bridgehead atoms. The first-order valence-corrected chi connectivity index (χ1v) is 7.18. The van der Waals surface area contributed by atoms with Crippen molar-refractivity contribution in [2.24, 2.45) is 0 Å². The fourth-order valence-corrected chi connectivity index (χ4v) is 2.47. The maximum atomic E-state index is 12.4. The lowest BCUT2D eigenvalue weighted by Crippen LogP contribution is -2.36. The summed E-state index contributed by atoms with van der Waals surface area (Å²) in [4.78, 5) is 14.6. The fraction of sp³-hybridized carbons (Fsp3) is 0.562. The van der Waals surface area contributed by atoms with Crippen molar-refractivity contribution in [1.82, 2.24) is 4.90 Å². The molecule has 0 saturated heterocycles. The Morgan fingerprint density at radius 2 is 2.21 bits per heavy atom. The van der Waals surface area contributed by atoms with Gasteiger partial charge in [-0.05, 0) is 43.7 Å². The summed E-state index contributed by atoms with van der Waals surface area (Å²) >= 11 is 0. The molecule has 0 spiro atoms. The minimum Gasteiger partial charge on any atom is -0.493 e. The van der Waals surface area contributed by atoms with Gasteiger partial charge in [-0.1, -0.05) is 13.8 Å². The Morgan fingerprint density at radius 3 is 2.89 bits per heavy atom. The first-order valence-electron chi connectivity index (χ1n) is 7.18. The van der Waals surface area contributed by atoms with Crippen LogP contribution in [0.25, 0.3) is 0 Å². The molecule has 104 valence electrons. The van der Waals surface area contributed by atoms with Crippen LogP contribution in [0.15, 0.2) is 18.2 Å². The molecule has 1 aliphatic rings. The predicted octanol–water partition coefficient (Wildman–Crippen LogP) is 2.92. The fourth-order valence-electron chi connectivity index (χ4n) is 2.47. The summed E-state index contributed by atoms with van der Waals surface area (Å²) in [5.41, 5.74) is 1.98. The van der Waals surface area contributed by atoms with E-state index in [2.05, 4.69) is 25.7 Å². The molecule has 0 saturated carbocycles. The van der Waals surface area contributed by atoms with E-state index >= 15 is 0 Å². The van der Waals surface area contributed by atoms with Gasteiger partial charge in [-0.2, -0.15) is 0 Å². The Bertz CT molecular complexity index is 456. The molecule has 1 heterocycles. The van der Waals surface area contributed by atoms with Crippen molar-refractivity contribution in [2.45, 2.75) is 39.7 Å². The standard InChI is InChI=1S/C16H23NO2/c1-4-12(3)17(5-2)11-15(18)13-6-7-16-14(10-13)8-9-19-16/h6-7,10,12H,4-5,8-9,11H2,1-3H3. The van der Waals surface area contributed by atoms with Crippen LogP contribution in [0, 0.1) is 0 Å². The van der Waals surface area contributed by atoms with Crippen molar-refractivity contribution in [3.05, 3.63) is 29.3 Å². The largest absolute Gasteiger partial charge is 0.493 e. The molecular formula is C16H23NO2. The molecule has 1 aromatic carbocycles. The van der Waals surface area contributed by atoms with Gasteiger partial charge in [-0.25, -0.2) is 0 Å². The highest BCUT2D eigenvalue weighted by Crippen LogP contribution is 2.26. The summed E-state index contributed by atoms with van der Waals surface area (Å²) in [6.45, 7) is 8.59. The van der Waals surface area contributed by atoms with Crippen LogP contribution >= 0.6 is 0 Å². The van der Waals surface area contributed by atoms with E-state index in [1.165, 1.54) is 0 Å². The summed E-state index contributed by atoms with van der Waals surface area (Å²) in [6.07, 6.45) is 1.98. The zero-order chi connectivity index (χ0) is 13.8. The van der Waals surface area contributed by atoms with Crippen LogP contribution in [-0.2, 0) is 6.42 Å². The Labute approximate surface area is 115 Å². The molecule has 0 fully saturated rings. The van der Waals surface area contributed by atoms with E-state index in [9.17, 15) is 4.79 Å². The minimum absolute atomic E-state index is 0.205. The number of hydrogen-bond donors (Lipinski definition) is 0. The van der Waals surface area contributed by atoms with Gasteiger partial charge in [0.25, 0.3) is 0 Å². The van der Waals surface area contributed by atoms with Crippen LogP contribution in [0.2, 0.25) is 0 Å². The molecule has 0 amide bonds. The smallest absolute Gasteiger partial charge is 0.176 e. The minimum atomic E-state index is 0.205. The lowest BCUT2D eigenvalue weighted by molar-refractivity contribution is 0.0902. The number of carbonyl (C=O) groups excluding carboxylic acids is 1. The quantitative estimate of drug-likeness (QED) is 0.737. The molecule has 0 N–H and O–H groups in total. The molecule has 3 nitrogen and oxygen atoms in total. The van der Waals surface area contributed by atoms with E-state index in [4.69, 9.17) is 4.74 Å². The number of fused-ring (bicyclic) bond motifs is 1. The monoisotopic (exact) mass is 261 g/mol. The van der Waals surface area contributed by atoms with E-state index in [1.807, 2.05) is 18.2 Å². The predicted molar refractivity (Wildman–Crippen MR) is 77.0 cm³/mol. The highest BCUT2D eigenvalue weighted by Gasteiger charge is 2.18. The number of ketones is 1. The van der Waals surface area contributed by atoms with Crippen molar-refractivity contribution in [2.75, 3.05) is 19.7 Å². The Kier molecular flexibility index (Phi) is 4.59. The van der Waals surface area contributed by atoms with E-state index in [1.54, 1.807) is 0 Å². The maximum absolute atomic E-state index is 12.4. The van der Waals surface area contributed by atoms with Crippen LogP contribution in [-0.4, -0.2) is 36.4 Å². The number of rotatable bonds is 6. The molecule has 1 atom stereocenters. The third kappa shape index (κ3) is 3.16. The van der Waals surface area contributed by atoms with Gasteiger partial charge in [0.2, 0.25) is 0 Å². The normalized spacial score (nSPS) is 15.2. The zero-order valence-corrected chi connectivity index (χ0v) is 12.1. The van der Waals surface area contributed by atoms with Crippen LogP contribution in [0.4, 0.5) is 0 Å². The Morgan fingerprint density at radius 1 is 1.42 bits per heavy atom. The number of hydrogen-bond acceptors (Lipinski definition) is 3. The average Bonchev–Trinajstić information content (AvgIpc) is 2.90. The van der Waals surface area contributed by atoms with Crippen molar-refractivity contribution in [3.8, 4) is 5.75 Å². The van der Waals surface area contributed by atoms with Gasteiger partial charge >= 0.3 is 0 Å². The van der Waals surface area contributed by atoms with Gasteiger partial charge in [-0.15, -0.1) is 0 Å². The van der Waals surface area contributed by atoms with Crippen molar-refractivity contribution >= 4 is 5.78 Å². The molecule has 0 aromatic heterocycles. The molecule has 0 aliphatic carbocycles. The molecule has 1 aromatic rings. The van der Waals surface area contributed by atoms with Crippen LogP contribution in [0.3, 0.4) is 0 Å². The van der Waals surface area contributed by atoms with Crippen molar-refractivity contribution in [1.29, 1.82) is 0 Å². The summed E-state index contributed by atoms with van der Waals surface area (Å²) in [5.74, 6) is 1.14. The van der Waals surface area contributed by atoms with Crippen LogP contribution < -0.4 is 4.74 Å². The highest BCUT2D eigenvalue weighted by atomic mass is 16.5.